The molecule has 0 aliphatic heterocycles. The molecule has 0 saturated carbocycles. The van der Waals surface area contributed by atoms with Gasteiger partial charge in [0.25, 0.3) is 0 Å². The van der Waals surface area contributed by atoms with E-state index in [2.05, 4.69) is 31.6 Å². The molecule has 0 atom stereocenters. The van der Waals surface area contributed by atoms with Crippen LogP contribution in [0.25, 0.3) is 0 Å². The zero-order chi connectivity index (χ0) is 14.4. The zero-order valence-electron chi connectivity index (χ0n) is 11.7. The van der Waals surface area contributed by atoms with E-state index in [1.54, 1.807) is 7.11 Å². The van der Waals surface area contributed by atoms with E-state index >= 15 is 0 Å². The average Bonchev–Trinajstić information content (AvgIpc) is 2.93. The van der Waals surface area contributed by atoms with Gasteiger partial charge in [0.15, 0.2) is 20.9 Å². The third kappa shape index (κ3) is 3.57. The van der Waals surface area contributed by atoms with Crippen LogP contribution in [0.1, 0.15) is 26.1 Å². The summed E-state index contributed by atoms with van der Waals surface area (Å²) in [5, 5.41) is 3.98. The van der Waals surface area contributed by atoms with Gasteiger partial charge in [-0.2, -0.15) is 4.37 Å². The molecule has 6 nitrogen and oxygen atoms in total. The largest absolute Gasteiger partial charge is 0.490 e. The van der Waals surface area contributed by atoms with E-state index in [-0.39, 0.29) is 0 Å². The number of ether oxygens (including phenoxy) is 1. The third-order valence-corrected chi connectivity index (χ3v) is 4.24. The van der Waals surface area contributed by atoms with Gasteiger partial charge < -0.3 is 10.1 Å². The van der Waals surface area contributed by atoms with E-state index in [1.807, 2.05) is 6.92 Å². The molecule has 0 saturated heterocycles. The summed E-state index contributed by atoms with van der Waals surface area (Å²) in [5.74, 6) is 2.22. The molecule has 0 aliphatic carbocycles. The van der Waals surface area contributed by atoms with Crippen LogP contribution in [-0.2, 0) is 6.42 Å². The molecular formula is C12H17N5OS2. The lowest BCUT2D eigenvalue weighted by Gasteiger charge is -2.11. The van der Waals surface area contributed by atoms with Crippen LogP contribution in [0.15, 0.2) is 15.7 Å². The van der Waals surface area contributed by atoms with E-state index in [4.69, 9.17) is 4.74 Å². The first-order valence-electron chi connectivity index (χ1n) is 6.41. The monoisotopic (exact) mass is 311 g/mol. The fourth-order valence-corrected chi connectivity index (χ4v) is 3.18. The van der Waals surface area contributed by atoms with Crippen LogP contribution in [0.4, 0.5) is 5.82 Å². The Hall–Kier alpha value is -1.41. The minimum absolute atomic E-state index is 0.652. The lowest BCUT2D eigenvalue weighted by molar-refractivity contribution is 0.400. The molecule has 108 valence electrons. The Labute approximate surface area is 126 Å². The summed E-state index contributed by atoms with van der Waals surface area (Å²) >= 11 is 2.83. The minimum Gasteiger partial charge on any atom is -0.490 e. The first kappa shape index (κ1) is 15.0. The number of nitrogens with zero attached hydrogens (tertiary/aromatic N) is 4. The van der Waals surface area contributed by atoms with E-state index in [1.165, 1.54) is 29.6 Å². The van der Waals surface area contributed by atoms with Crippen LogP contribution >= 0.6 is 23.3 Å². The summed E-state index contributed by atoms with van der Waals surface area (Å²) in [7, 11) is 1.62. The Morgan fingerprint density at radius 2 is 2.20 bits per heavy atom. The Morgan fingerprint density at radius 1 is 1.35 bits per heavy atom. The molecule has 2 aromatic heterocycles. The van der Waals surface area contributed by atoms with Gasteiger partial charge in [0.2, 0.25) is 0 Å². The van der Waals surface area contributed by atoms with Gasteiger partial charge in [0, 0.05) is 13.0 Å². The van der Waals surface area contributed by atoms with Crippen molar-refractivity contribution in [3.8, 4) is 5.75 Å². The number of aryl methyl sites for hydroxylation is 1. The van der Waals surface area contributed by atoms with E-state index in [0.717, 1.165) is 34.6 Å². The second-order valence-corrected chi connectivity index (χ2v) is 5.91. The Bertz CT molecular complexity index is 561. The van der Waals surface area contributed by atoms with Crippen molar-refractivity contribution in [2.45, 2.75) is 36.1 Å². The number of nitrogens with one attached hydrogen (secondary N) is 1. The Morgan fingerprint density at radius 3 is 2.85 bits per heavy atom. The maximum Gasteiger partial charge on any atom is 0.194 e. The molecule has 0 fully saturated rings. The van der Waals surface area contributed by atoms with Crippen LogP contribution in [0, 0.1) is 0 Å². The van der Waals surface area contributed by atoms with Crippen LogP contribution in [0.5, 0.6) is 5.75 Å². The Balaban J connectivity index is 2.21. The van der Waals surface area contributed by atoms with Gasteiger partial charge in [-0.25, -0.2) is 15.0 Å². The molecule has 2 rings (SSSR count). The molecule has 1 N–H and O–H groups in total. The molecule has 0 unspecified atom stereocenters. The SMILES string of the molecule is CCCNc1ncnc(Sc2nc(CC)ns2)c1OC. The topological polar surface area (TPSA) is 72.8 Å². The predicted molar refractivity (Wildman–Crippen MR) is 80.8 cm³/mol. The lowest BCUT2D eigenvalue weighted by atomic mass is 10.4. The first-order chi connectivity index (χ1) is 9.78. The lowest BCUT2D eigenvalue weighted by Crippen LogP contribution is -2.05. The second kappa shape index (κ2) is 7.39. The summed E-state index contributed by atoms with van der Waals surface area (Å²) in [5.41, 5.74) is 0. The summed E-state index contributed by atoms with van der Waals surface area (Å²) in [6.07, 6.45) is 3.39. The maximum atomic E-state index is 5.43. The number of anilines is 1. The van der Waals surface area contributed by atoms with Crippen LogP contribution < -0.4 is 10.1 Å². The molecule has 0 spiro atoms. The van der Waals surface area contributed by atoms with Crippen LogP contribution in [0.2, 0.25) is 0 Å². The fourth-order valence-electron chi connectivity index (χ4n) is 1.49. The maximum absolute atomic E-state index is 5.43. The number of aromatic nitrogens is 4. The highest BCUT2D eigenvalue weighted by Crippen LogP contribution is 2.37. The van der Waals surface area contributed by atoms with Gasteiger partial charge in [-0.15, -0.1) is 0 Å². The smallest absolute Gasteiger partial charge is 0.194 e. The van der Waals surface area contributed by atoms with Gasteiger partial charge in [-0.3, -0.25) is 0 Å². The quantitative estimate of drug-likeness (QED) is 0.788. The van der Waals surface area contributed by atoms with Crippen molar-refractivity contribution in [2.75, 3.05) is 19.0 Å². The standard InChI is InChI=1S/C12H17N5OS2/c1-4-6-13-10-9(18-3)11(15-7-14-10)19-12-16-8(5-2)17-20-12/h7H,4-6H2,1-3H3,(H,13,14,15). The summed E-state index contributed by atoms with van der Waals surface area (Å²) in [6.45, 7) is 4.98. The van der Waals surface area contributed by atoms with Crippen molar-refractivity contribution in [3.63, 3.8) is 0 Å². The highest BCUT2D eigenvalue weighted by Gasteiger charge is 2.15. The highest BCUT2D eigenvalue weighted by atomic mass is 32.2. The molecule has 2 heterocycles. The molecular weight excluding hydrogens is 294 g/mol. The molecule has 2 aromatic rings. The minimum atomic E-state index is 0.652. The molecule has 0 radical (unpaired) electrons. The van der Waals surface area contributed by atoms with Gasteiger partial charge in [-0.05, 0) is 29.7 Å². The van der Waals surface area contributed by atoms with Crippen molar-refractivity contribution < 1.29 is 4.74 Å². The second-order valence-electron chi connectivity index (χ2n) is 3.92. The van der Waals surface area contributed by atoms with E-state index < -0.39 is 0 Å². The van der Waals surface area contributed by atoms with Gasteiger partial charge >= 0.3 is 0 Å². The van der Waals surface area contributed by atoms with Gasteiger partial charge in [0.05, 0.1) is 7.11 Å². The summed E-state index contributed by atoms with van der Waals surface area (Å²) in [4.78, 5) is 12.9. The molecule has 0 aromatic carbocycles. The molecule has 8 heteroatoms. The van der Waals surface area contributed by atoms with E-state index in [0.29, 0.717) is 11.6 Å². The van der Waals surface area contributed by atoms with Gasteiger partial charge in [-0.1, -0.05) is 13.8 Å². The van der Waals surface area contributed by atoms with Crippen molar-refractivity contribution in [1.29, 1.82) is 0 Å². The number of rotatable bonds is 7. The zero-order valence-corrected chi connectivity index (χ0v) is 13.3. The van der Waals surface area contributed by atoms with Crippen LogP contribution in [0.3, 0.4) is 0 Å². The number of hydrogen-bond acceptors (Lipinski definition) is 8. The average molecular weight is 311 g/mol. The highest BCUT2D eigenvalue weighted by molar-refractivity contribution is 8.01. The normalized spacial score (nSPS) is 10.6. The first-order valence-corrected chi connectivity index (χ1v) is 8.00. The van der Waals surface area contributed by atoms with E-state index in [9.17, 15) is 0 Å². The van der Waals surface area contributed by atoms with Crippen molar-refractivity contribution >= 4 is 29.1 Å². The third-order valence-electron chi connectivity index (χ3n) is 2.47. The molecule has 20 heavy (non-hydrogen) atoms. The number of methoxy groups -OCH3 is 1. The number of hydrogen-bond donors (Lipinski definition) is 1. The Kier molecular flexibility index (Phi) is 5.54. The molecule has 0 bridgehead atoms. The predicted octanol–water partition coefficient (Wildman–Crippen LogP) is 2.87. The van der Waals surface area contributed by atoms with Crippen molar-refractivity contribution in [3.05, 3.63) is 12.2 Å². The molecule has 0 amide bonds. The molecule has 0 aliphatic rings. The van der Waals surface area contributed by atoms with Crippen molar-refractivity contribution in [1.82, 2.24) is 19.3 Å². The van der Waals surface area contributed by atoms with Crippen molar-refractivity contribution in [2.24, 2.45) is 0 Å². The van der Waals surface area contributed by atoms with Gasteiger partial charge in [0.1, 0.15) is 12.2 Å². The summed E-state index contributed by atoms with van der Waals surface area (Å²) < 4.78 is 10.6. The van der Waals surface area contributed by atoms with Crippen LogP contribution in [-0.4, -0.2) is 33.0 Å². The fraction of sp³-hybridized carbons (Fsp3) is 0.500. The summed E-state index contributed by atoms with van der Waals surface area (Å²) in [6, 6.07) is 0.